The van der Waals surface area contributed by atoms with E-state index in [-0.39, 0.29) is 18.0 Å². The summed E-state index contributed by atoms with van der Waals surface area (Å²) in [5.74, 6) is 0.0580. The van der Waals surface area contributed by atoms with E-state index in [9.17, 15) is 9.59 Å². The summed E-state index contributed by atoms with van der Waals surface area (Å²) in [7, 11) is 1.68. The highest BCUT2D eigenvalue weighted by Crippen LogP contribution is 2.11. The summed E-state index contributed by atoms with van der Waals surface area (Å²) in [5, 5.41) is 2.81. The minimum atomic E-state index is -0.482. The summed E-state index contributed by atoms with van der Waals surface area (Å²) in [4.78, 5) is 24.1. The molecule has 0 saturated carbocycles. The third-order valence-corrected chi connectivity index (χ3v) is 2.28. The van der Waals surface area contributed by atoms with Gasteiger partial charge in [-0.3, -0.25) is 4.79 Å². The van der Waals surface area contributed by atoms with E-state index >= 15 is 0 Å². The molecule has 5 nitrogen and oxygen atoms in total. The van der Waals surface area contributed by atoms with Crippen LogP contribution in [-0.4, -0.2) is 42.1 Å². The van der Waals surface area contributed by atoms with E-state index in [0.717, 1.165) is 6.42 Å². The van der Waals surface area contributed by atoms with Crippen molar-refractivity contribution in [1.29, 1.82) is 0 Å². The molecule has 0 aromatic rings. The third kappa shape index (κ3) is 4.08. The third-order valence-electron chi connectivity index (χ3n) is 2.28. The summed E-state index contributed by atoms with van der Waals surface area (Å²) in [6.45, 7) is 5.99. The van der Waals surface area contributed by atoms with Crippen molar-refractivity contribution in [2.24, 2.45) is 0 Å². The van der Waals surface area contributed by atoms with Crippen LogP contribution in [0.4, 0.5) is 4.79 Å². The van der Waals surface area contributed by atoms with Crippen molar-refractivity contribution in [3.63, 3.8) is 0 Å². The Morgan fingerprint density at radius 3 is 2.62 bits per heavy atom. The second kappa shape index (κ2) is 4.72. The second-order valence-corrected chi connectivity index (χ2v) is 5.16. The van der Waals surface area contributed by atoms with Crippen molar-refractivity contribution in [3.05, 3.63) is 0 Å². The number of hydrogen-bond donors (Lipinski definition) is 1. The van der Waals surface area contributed by atoms with Crippen molar-refractivity contribution in [2.45, 2.75) is 45.3 Å². The highest BCUT2D eigenvalue weighted by molar-refractivity contribution is 5.78. The lowest BCUT2D eigenvalue weighted by molar-refractivity contribution is -0.119. The van der Waals surface area contributed by atoms with Crippen LogP contribution in [0.15, 0.2) is 0 Å². The van der Waals surface area contributed by atoms with E-state index < -0.39 is 5.60 Å². The fourth-order valence-corrected chi connectivity index (χ4v) is 1.56. The fourth-order valence-electron chi connectivity index (χ4n) is 1.56. The largest absolute Gasteiger partial charge is 0.444 e. The molecule has 2 amide bonds. The van der Waals surface area contributed by atoms with Crippen molar-refractivity contribution in [2.75, 3.05) is 13.6 Å². The van der Waals surface area contributed by atoms with Gasteiger partial charge < -0.3 is 15.0 Å². The van der Waals surface area contributed by atoms with Gasteiger partial charge in [0.05, 0.1) is 0 Å². The standard InChI is InChI=1S/C11H20N2O3/c1-11(2,3)16-10(15)13(4)7-8-5-6-9(14)12-8/h8H,5-7H2,1-4H3,(H,12,14). The van der Waals surface area contributed by atoms with Gasteiger partial charge in [0.2, 0.25) is 5.91 Å². The molecular formula is C11H20N2O3. The van der Waals surface area contributed by atoms with Crippen LogP contribution in [0.25, 0.3) is 0 Å². The van der Waals surface area contributed by atoms with Crippen LogP contribution in [0.1, 0.15) is 33.6 Å². The first-order valence-corrected chi connectivity index (χ1v) is 5.51. The average Bonchev–Trinajstić information content (AvgIpc) is 2.48. The molecule has 92 valence electrons. The Morgan fingerprint density at radius 1 is 1.56 bits per heavy atom. The first-order valence-electron chi connectivity index (χ1n) is 5.51. The Hall–Kier alpha value is -1.26. The maximum atomic E-state index is 11.6. The number of nitrogens with zero attached hydrogens (tertiary/aromatic N) is 1. The molecule has 1 N–H and O–H groups in total. The number of likely N-dealkylation sites (N-methyl/N-ethyl adjacent to an activating group) is 1. The molecular weight excluding hydrogens is 208 g/mol. The topological polar surface area (TPSA) is 58.6 Å². The number of hydrogen-bond acceptors (Lipinski definition) is 3. The van der Waals surface area contributed by atoms with Crippen molar-refractivity contribution in [3.8, 4) is 0 Å². The van der Waals surface area contributed by atoms with Crippen LogP contribution >= 0.6 is 0 Å². The number of nitrogens with one attached hydrogen (secondary N) is 1. The van der Waals surface area contributed by atoms with Gasteiger partial charge in [-0.15, -0.1) is 0 Å². The summed E-state index contributed by atoms with van der Waals surface area (Å²) in [6.07, 6.45) is 0.979. The summed E-state index contributed by atoms with van der Waals surface area (Å²) < 4.78 is 5.21. The normalized spacial score (nSPS) is 20.5. The van der Waals surface area contributed by atoms with Gasteiger partial charge in [0.15, 0.2) is 0 Å². The molecule has 1 fully saturated rings. The molecule has 5 heteroatoms. The Balaban J connectivity index is 2.37. The molecule has 1 aliphatic rings. The van der Waals surface area contributed by atoms with E-state index in [1.165, 1.54) is 4.90 Å². The maximum Gasteiger partial charge on any atom is 0.410 e. The van der Waals surface area contributed by atoms with E-state index in [4.69, 9.17) is 4.74 Å². The van der Waals surface area contributed by atoms with E-state index in [2.05, 4.69) is 5.32 Å². The molecule has 1 saturated heterocycles. The van der Waals surface area contributed by atoms with Crippen LogP contribution in [0.5, 0.6) is 0 Å². The summed E-state index contributed by atoms with van der Waals surface area (Å²) >= 11 is 0. The fraction of sp³-hybridized carbons (Fsp3) is 0.818. The zero-order valence-corrected chi connectivity index (χ0v) is 10.4. The number of carbonyl (C=O) groups excluding carboxylic acids is 2. The first kappa shape index (κ1) is 12.8. The highest BCUT2D eigenvalue weighted by Gasteiger charge is 2.25. The quantitative estimate of drug-likeness (QED) is 0.770. The zero-order valence-electron chi connectivity index (χ0n) is 10.4. The lowest BCUT2D eigenvalue weighted by atomic mass is 10.2. The second-order valence-electron chi connectivity index (χ2n) is 5.16. The predicted octanol–water partition coefficient (Wildman–Crippen LogP) is 1.13. The number of rotatable bonds is 2. The van der Waals surface area contributed by atoms with Gasteiger partial charge in [-0.05, 0) is 27.2 Å². The molecule has 0 aromatic carbocycles. The minimum absolute atomic E-state index is 0.0580. The van der Waals surface area contributed by atoms with Crippen molar-refractivity contribution < 1.29 is 14.3 Å². The first-order chi connectivity index (χ1) is 7.28. The van der Waals surface area contributed by atoms with Gasteiger partial charge in [0.1, 0.15) is 5.60 Å². The van der Waals surface area contributed by atoms with Crippen LogP contribution in [0.3, 0.4) is 0 Å². The zero-order chi connectivity index (χ0) is 12.3. The molecule has 0 aliphatic carbocycles. The van der Waals surface area contributed by atoms with Gasteiger partial charge in [-0.1, -0.05) is 0 Å². The number of carbonyl (C=O) groups is 2. The Labute approximate surface area is 96.1 Å². The predicted molar refractivity (Wildman–Crippen MR) is 60.0 cm³/mol. The molecule has 16 heavy (non-hydrogen) atoms. The SMILES string of the molecule is CN(CC1CCC(=O)N1)C(=O)OC(C)(C)C. The van der Waals surface area contributed by atoms with E-state index in [0.29, 0.717) is 13.0 Å². The molecule has 1 rings (SSSR count). The van der Waals surface area contributed by atoms with Gasteiger partial charge in [-0.2, -0.15) is 0 Å². The lowest BCUT2D eigenvalue weighted by Gasteiger charge is -2.26. The van der Waals surface area contributed by atoms with Gasteiger partial charge in [0.25, 0.3) is 0 Å². The van der Waals surface area contributed by atoms with Gasteiger partial charge in [0, 0.05) is 26.1 Å². The average molecular weight is 228 g/mol. The van der Waals surface area contributed by atoms with Crippen LogP contribution < -0.4 is 5.32 Å². The Bertz CT molecular complexity index is 283. The highest BCUT2D eigenvalue weighted by atomic mass is 16.6. The number of amides is 2. The summed E-state index contributed by atoms with van der Waals surface area (Å²) in [6, 6.07) is 0.0602. The van der Waals surface area contributed by atoms with Gasteiger partial charge >= 0.3 is 6.09 Å². The molecule has 1 heterocycles. The van der Waals surface area contributed by atoms with Crippen LogP contribution in [0, 0.1) is 0 Å². The van der Waals surface area contributed by atoms with Crippen LogP contribution in [0.2, 0.25) is 0 Å². The van der Waals surface area contributed by atoms with E-state index in [1.807, 2.05) is 20.8 Å². The number of ether oxygens (including phenoxy) is 1. The molecule has 0 spiro atoms. The van der Waals surface area contributed by atoms with Crippen molar-refractivity contribution >= 4 is 12.0 Å². The molecule has 0 aromatic heterocycles. The molecule has 1 atom stereocenters. The maximum absolute atomic E-state index is 11.6. The molecule has 0 bridgehead atoms. The monoisotopic (exact) mass is 228 g/mol. The molecule has 1 unspecified atom stereocenters. The Morgan fingerprint density at radius 2 is 2.19 bits per heavy atom. The smallest absolute Gasteiger partial charge is 0.410 e. The van der Waals surface area contributed by atoms with E-state index in [1.54, 1.807) is 7.05 Å². The van der Waals surface area contributed by atoms with Gasteiger partial charge in [-0.25, -0.2) is 4.79 Å². The lowest BCUT2D eigenvalue weighted by Crippen LogP contribution is -2.42. The molecule has 0 radical (unpaired) electrons. The Kier molecular flexibility index (Phi) is 3.78. The summed E-state index contributed by atoms with van der Waals surface area (Å²) in [5.41, 5.74) is -0.482. The molecule has 1 aliphatic heterocycles. The minimum Gasteiger partial charge on any atom is -0.444 e. The van der Waals surface area contributed by atoms with Crippen molar-refractivity contribution in [1.82, 2.24) is 10.2 Å². The van der Waals surface area contributed by atoms with Crippen LogP contribution in [-0.2, 0) is 9.53 Å².